The maximum atomic E-state index is 10.7. The second kappa shape index (κ2) is 5.53. The van der Waals surface area contributed by atoms with Crippen molar-refractivity contribution in [3.05, 3.63) is 46.9 Å². The first-order valence-corrected chi connectivity index (χ1v) is 5.78. The molecule has 7 heteroatoms. The molecule has 1 aromatic heterocycles. The Balaban J connectivity index is 2.06. The van der Waals surface area contributed by atoms with E-state index in [1.54, 1.807) is 12.1 Å². The summed E-state index contributed by atoms with van der Waals surface area (Å²) in [5, 5.41) is 12.0. The highest BCUT2D eigenvalue weighted by Crippen LogP contribution is 2.22. The van der Waals surface area contributed by atoms with E-state index in [4.69, 9.17) is 22.4 Å². The minimum Gasteiger partial charge on any atom is -0.478 e. The molecule has 0 saturated heterocycles. The van der Waals surface area contributed by atoms with Gasteiger partial charge in [-0.15, -0.1) is 0 Å². The highest BCUT2D eigenvalue weighted by molar-refractivity contribution is 6.32. The average molecular weight is 279 g/mol. The molecule has 1 heterocycles. The van der Waals surface area contributed by atoms with E-state index in [1.165, 1.54) is 18.5 Å². The van der Waals surface area contributed by atoms with E-state index in [9.17, 15) is 4.79 Å². The van der Waals surface area contributed by atoms with Gasteiger partial charge < -0.3 is 16.2 Å². The standard InChI is InChI=1S/C12H11ClN4O2/c13-10-9(14)11(17-6-16-10)15-5-7-1-3-8(4-2-7)12(18)19/h1-4,6H,5,14H2,(H,18,19)(H,15,16,17). The Hall–Kier alpha value is -2.34. The highest BCUT2D eigenvalue weighted by atomic mass is 35.5. The molecule has 0 aliphatic heterocycles. The molecular weight excluding hydrogens is 268 g/mol. The van der Waals surface area contributed by atoms with E-state index in [2.05, 4.69) is 15.3 Å². The predicted octanol–water partition coefficient (Wildman–Crippen LogP) is 2.02. The van der Waals surface area contributed by atoms with Gasteiger partial charge in [-0.1, -0.05) is 23.7 Å². The summed E-state index contributed by atoms with van der Waals surface area (Å²) in [5.74, 6) is -0.506. The maximum absolute atomic E-state index is 10.7. The van der Waals surface area contributed by atoms with Gasteiger partial charge in [-0.25, -0.2) is 14.8 Å². The van der Waals surface area contributed by atoms with Crippen LogP contribution in [0.1, 0.15) is 15.9 Å². The molecule has 0 fully saturated rings. The lowest BCUT2D eigenvalue weighted by Gasteiger charge is -2.08. The second-order valence-electron chi connectivity index (χ2n) is 3.78. The maximum Gasteiger partial charge on any atom is 0.335 e. The monoisotopic (exact) mass is 278 g/mol. The van der Waals surface area contributed by atoms with Gasteiger partial charge in [0.25, 0.3) is 0 Å². The van der Waals surface area contributed by atoms with Crippen LogP contribution in [0, 0.1) is 0 Å². The number of rotatable bonds is 4. The third-order valence-corrected chi connectivity index (χ3v) is 2.80. The summed E-state index contributed by atoms with van der Waals surface area (Å²) in [6.07, 6.45) is 1.31. The zero-order chi connectivity index (χ0) is 13.8. The first-order valence-electron chi connectivity index (χ1n) is 5.40. The van der Waals surface area contributed by atoms with E-state index in [0.29, 0.717) is 12.4 Å². The van der Waals surface area contributed by atoms with Gasteiger partial charge in [-0.3, -0.25) is 0 Å². The molecule has 98 valence electrons. The number of aromatic carboxylic acids is 1. The van der Waals surface area contributed by atoms with Crippen molar-refractivity contribution in [2.45, 2.75) is 6.54 Å². The molecule has 1 aromatic carbocycles. The van der Waals surface area contributed by atoms with Crippen molar-refractivity contribution in [3.63, 3.8) is 0 Å². The smallest absolute Gasteiger partial charge is 0.335 e. The lowest BCUT2D eigenvalue weighted by molar-refractivity contribution is 0.0697. The van der Waals surface area contributed by atoms with Gasteiger partial charge in [0.05, 0.1) is 5.56 Å². The van der Waals surface area contributed by atoms with E-state index in [1.807, 2.05) is 0 Å². The molecule has 0 unspecified atom stereocenters. The fourth-order valence-corrected chi connectivity index (χ4v) is 1.60. The van der Waals surface area contributed by atoms with Gasteiger partial charge in [0.15, 0.2) is 11.0 Å². The number of carbonyl (C=O) groups is 1. The minimum atomic E-state index is -0.952. The summed E-state index contributed by atoms with van der Waals surface area (Å²) < 4.78 is 0. The Morgan fingerprint density at radius 3 is 2.63 bits per heavy atom. The molecule has 0 saturated carbocycles. The van der Waals surface area contributed by atoms with Gasteiger partial charge in [0, 0.05) is 6.54 Å². The molecule has 2 aromatic rings. The third-order valence-electron chi connectivity index (χ3n) is 2.50. The van der Waals surface area contributed by atoms with Crippen LogP contribution in [0.4, 0.5) is 11.5 Å². The van der Waals surface area contributed by atoms with Crippen LogP contribution in [-0.2, 0) is 6.54 Å². The second-order valence-corrected chi connectivity index (χ2v) is 4.14. The Bertz CT molecular complexity index is 601. The van der Waals surface area contributed by atoms with E-state index >= 15 is 0 Å². The number of nitrogens with one attached hydrogen (secondary N) is 1. The van der Waals surface area contributed by atoms with Crippen LogP contribution in [0.5, 0.6) is 0 Å². The van der Waals surface area contributed by atoms with Crippen molar-refractivity contribution >= 4 is 29.1 Å². The number of carboxylic acids is 1. The fraction of sp³-hybridized carbons (Fsp3) is 0.0833. The Labute approximate surface area is 114 Å². The molecule has 6 nitrogen and oxygen atoms in total. The first kappa shape index (κ1) is 13.1. The molecule has 19 heavy (non-hydrogen) atoms. The third kappa shape index (κ3) is 3.11. The van der Waals surface area contributed by atoms with Crippen LogP contribution < -0.4 is 11.1 Å². The largest absolute Gasteiger partial charge is 0.478 e. The van der Waals surface area contributed by atoms with Crippen LogP contribution >= 0.6 is 11.6 Å². The van der Waals surface area contributed by atoms with Crippen molar-refractivity contribution in [2.75, 3.05) is 11.1 Å². The van der Waals surface area contributed by atoms with Gasteiger partial charge in [-0.05, 0) is 17.7 Å². The number of halogens is 1. The summed E-state index contributed by atoms with van der Waals surface area (Å²) in [4.78, 5) is 18.4. The van der Waals surface area contributed by atoms with Crippen molar-refractivity contribution in [3.8, 4) is 0 Å². The molecule has 0 aliphatic rings. The first-order chi connectivity index (χ1) is 9.08. The molecular formula is C12H11ClN4O2. The van der Waals surface area contributed by atoms with Crippen LogP contribution in [0.3, 0.4) is 0 Å². The predicted molar refractivity (Wildman–Crippen MR) is 72.2 cm³/mol. The normalized spacial score (nSPS) is 10.2. The number of benzene rings is 1. The van der Waals surface area contributed by atoms with Gasteiger partial charge >= 0.3 is 5.97 Å². The summed E-state index contributed by atoms with van der Waals surface area (Å²) in [5.41, 5.74) is 7.14. The van der Waals surface area contributed by atoms with Gasteiger partial charge in [0.1, 0.15) is 12.0 Å². The summed E-state index contributed by atoms with van der Waals surface area (Å²) in [6.45, 7) is 0.456. The van der Waals surface area contributed by atoms with Crippen molar-refractivity contribution in [2.24, 2.45) is 0 Å². The number of nitrogen functional groups attached to an aromatic ring is 1. The SMILES string of the molecule is Nc1c(Cl)ncnc1NCc1ccc(C(=O)O)cc1. The van der Waals surface area contributed by atoms with Crippen molar-refractivity contribution in [1.82, 2.24) is 9.97 Å². The Morgan fingerprint density at radius 1 is 1.32 bits per heavy atom. The molecule has 4 N–H and O–H groups in total. The number of carboxylic acid groups (broad SMARTS) is 1. The molecule has 0 amide bonds. The molecule has 0 atom stereocenters. The zero-order valence-electron chi connectivity index (χ0n) is 9.80. The van der Waals surface area contributed by atoms with Gasteiger partial charge in [0.2, 0.25) is 0 Å². The lowest BCUT2D eigenvalue weighted by atomic mass is 10.1. The summed E-state index contributed by atoms with van der Waals surface area (Å²) in [6, 6.07) is 6.51. The zero-order valence-corrected chi connectivity index (χ0v) is 10.6. The number of anilines is 2. The number of aromatic nitrogens is 2. The van der Waals surface area contributed by atoms with E-state index < -0.39 is 5.97 Å². The number of hydrogen-bond donors (Lipinski definition) is 3. The fourth-order valence-electron chi connectivity index (χ4n) is 1.47. The number of hydrogen-bond acceptors (Lipinski definition) is 5. The molecule has 2 rings (SSSR count). The van der Waals surface area contributed by atoms with Crippen LogP contribution in [-0.4, -0.2) is 21.0 Å². The highest BCUT2D eigenvalue weighted by Gasteiger charge is 2.06. The number of nitrogens with two attached hydrogens (primary N) is 1. The molecule has 0 bridgehead atoms. The topological polar surface area (TPSA) is 101 Å². The molecule has 0 aliphatic carbocycles. The van der Waals surface area contributed by atoms with Crippen molar-refractivity contribution in [1.29, 1.82) is 0 Å². The minimum absolute atomic E-state index is 0.193. The lowest BCUT2D eigenvalue weighted by Crippen LogP contribution is -2.06. The van der Waals surface area contributed by atoms with E-state index in [-0.39, 0.29) is 16.4 Å². The van der Waals surface area contributed by atoms with Gasteiger partial charge in [-0.2, -0.15) is 0 Å². The van der Waals surface area contributed by atoms with E-state index in [0.717, 1.165) is 5.56 Å². The molecule has 0 spiro atoms. The Morgan fingerprint density at radius 2 is 2.00 bits per heavy atom. The van der Waals surface area contributed by atoms with Crippen LogP contribution in [0.25, 0.3) is 0 Å². The molecule has 0 radical (unpaired) electrons. The van der Waals surface area contributed by atoms with Crippen LogP contribution in [0.15, 0.2) is 30.6 Å². The quantitative estimate of drug-likeness (QED) is 0.740. The Kier molecular flexibility index (Phi) is 3.82. The summed E-state index contributed by atoms with van der Waals surface area (Å²) >= 11 is 5.77. The average Bonchev–Trinajstić information content (AvgIpc) is 2.41. The van der Waals surface area contributed by atoms with Crippen LogP contribution in [0.2, 0.25) is 5.15 Å². The van der Waals surface area contributed by atoms with Crippen molar-refractivity contribution < 1.29 is 9.90 Å². The number of nitrogens with zero attached hydrogens (tertiary/aromatic N) is 2. The summed E-state index contributed by atoms with van der Waals surface area (Å²) in [7, 11) is 0.